The molecule has 0 spiro atoms. The van der Waals surface area contributed by atoms with Crippen LogP contribution < -0.4 is 10.1 Å². The van der Waals surface area contributed by atoms with Crippen molar-refractivity contribution in [3.8, 4) is 0 Å². The molecule has 0 unspecified atom stereocenters. The highest BCUT2D eigenvalue weighted by Gasteiger charge is 2.28. The Morgan fingerprint density at radius 3 is 2.62 bits per heavy atom. The predicted octanol–water partition coefficient (Wildman–Crippen LogP) is 4.05. The second-order valence-electron chi connectivity index (χ2n) is 7.13. The number of aromatic nitrogens is 1. The average molecular weight is 477 g/mol. The number of nitrogens with one attached hydrogen (secondary N) is 2. The molecule has 1 aliphatic carbocycles. The molecule has 166 valence electrons. The molecule has 0 saturated heterocycles. The van der Waals surface area contributed by atoms with Crippen molar-refractivity contribution in [1.82, 2.24) is 9.82 Å². The van der Waals surface area contributed by atoms with Gasteiger partial charge in [0.1, 0.15) is 17.4 Å². The topological polar surface area (TPSA) is 114 Å². The normalized spacial score (nSPS) is 14.8. The maximum atomic E-state index is 13.1. The molecule has 2 N–H and O–H groups in total. The first-order valence-electron chi connectivity index (χ1n) is 9.64. The van der Waals surface area contributed by atoms with Gasteiger partial charge < -0.3 is 9.73 Å². The third-order valence-electron chi connectivity index (χ3n) is 4.93. The van der Waals surface area contributed by atoms with Crippen molar-refractivity contribution in [2.75, 3.05) is 5.32 Å². The van der Waals surface area contributed by atoms with E-state index in [0.29, 0.717) is 52.7 Å². The number of hydrogen-bond acceptors (Lipinski definition) is 6. The molecule has 0 aliphatic heterocycles. The van der Waals surface area contributed by atoms with E-state index in [1.807, 2.05) is 0 Å². The van der Waals surface area contributed by atoms with Gasteiger partial charge >= 0.3 is 0 Å². The summed E-state index contributed by atoms with van der Waals surface area (Å²) in [6, 6.07) is 7.58. The van der Waals surface area contributed by atoms with Crippen molar-refractivity contribution >= 4 is 39.1 Å². The molecule has 0 fully saturated rings. The van der Waals surface area contributed by atoms with E-state index in [1.54, 1.807) is 19.1 Å². The lowest BCUT2D eigenvalue weighted by Gasteiger charge is -2.14. The maximum Gasteiger partial charge on any atom is 0.292 e. The number of carbonyl (C=O) groups is 1. The van der Waals surface area contributed by atoms with Crippen molar-refractivity contribution < 1.29 is 22.0 Å². The first-order valence-corrected chi connectivity index (χ1v) is 11.5. The molecule has 8 nitrogen and oxygen atoms in total. The van der Waals surface area contributed by atoms with Gasteiger partial charge in [0.25, 0.3) is 15.9 Å². The van der Waals surface area contributed by atoms with Gasteiger partial charge in [-0.3, -0.25) is 4.79 Å². The minimum Gasteiger partial charge on any atom is -0.455 e. The molecule has 2 aromatic heterocycles. The predicted molar refractivity (Wildman–Crippen MR) is 117 cm³/mol. The standard InChI is InChI=1S/C21H18ClFN4O4S/c1-12-19-16(26-27-32(29,30)15-8-6-14(23)7-9-15)3-2-4-17(19)31-20(12)21(28)25-18-10-5-13(22)11-24-18/h5-11,27H,2-4H2,1H3,(H,24,25,28)/b26-16+. The van der Waals surface area contributed by atoms with Crippen LogP contribution in [-0.4, -0.2) is 25.0 Å². The molecule has 0 saturated carbocycles. The Hall–Kier alpha value is -3.24. The Labute approximate surface area is 188 Å². The summed E-state index contributed by atoms with van der Waals surface area (Å²) >= 11 is 5.81. The van der Waals surface area contributed by atoms with Crippen LogP contribution in [0.5, 0.6) is 0 Å². The molecule has 1 aliphatic rings. The van der Waals surface area contributed by atoms with Gasteiger partial charge in [0, 0.05) is 23.7 Å². The molecule has 32 heavy (non-hydrogen) atoms. The Balaban J connectivity index is 1.59. The monoisotopic (exact) mass is 476 g/mol. The smallest absolute Gasteiger partial charge is 0.292 e. The zero-order chi connectivity index (χ0) is 22.9. The number of pyridine rings is 1. The summed E-state index contributed by atoms with van der Waals surface area (Å²) in [7, 11) is -3.98. The number of aryl methyl sites for hydroxylation is 1. The van der Waals surface area contributed by atoms with E-state index in [2.05, 4.69) is 20.2 Å². The molecule has 11 heteroatoms. The number of anilines is 1. The number of amides is 1. The van der Waals surface area contributed by atoms with Gasteiger partial charge in [-0.05, 0) is 56.2 Å². The largest absolute Gasteiger partial charge is 0.455 e. The van der Waals surface area contributed by atoms with Crippen LogP contribution in [-0.2, 0) is 16.4 Å². The lowest BCUT2D eigenvalue weighted by Crippen LogP contribution is -2.22. The molecule has 1 amide bonds. The van der Waals surface area contributed by atoms with Crippen molar-refractivity contribution in [2.45, 2.75) is 31.1 Å². The van der Waals surface area contributed by atoms with Gasteiger partial charge in [-0.15, -0.1) is 0 Å². The summed E-state index contributed by atoms with van der Waals surface area (Å²) in [6.45, 7) is 1.71. The van der Waals surface area contributed by atoms with Gasteiger partial charge in [0.05, 0.1) is 15.6 Å². The number of rotatable bonds is 5. The second-order valence-corrected chi connectivity index (χ2v) is 9.23. The minimum atomic E-state index is -3.98. The fourth-order valence-electron chi connectivity index (χ4n) is 3.40. The Morgan fingerprint density at radius 1 is 1.19 bits per heavy atom. The van der Waals surface area contributed by atoms with Gasteiger partial charge in [0.2, 0.25) is 0 Å². The van der Waals surface area contributed by atoms with Gasteiger partial charge in [-0.2, -0.15) is 18.4 Å². The lowest BCUT2D eigenvalue weighted by molar-refractivity contribution is 0.0993. The first kappa shape index (κ1) is 22.0. The molecular weight excluding hydrogens is 459 g/mol. The van der Waals surface area contributed by atoms with E-state index in [1.165, 1.54) is 6.20 Å². The van der Waals surface area contributed by atoms with Crippen LogP contribution in [0.1, 0.15) is 40.3 Å². The van der Waals surface area contributed by atoms with Crippen molar-refractivity contribution in [3.05, 3.63) is 76.1 Å². The van der Waals surface area contributed by atoms with E-state index < -0.39 is 21.7 Å². The number of sulfonamides is 1. The number of benzene rings is 1. The first-order chi connectivity index (χ1) is 15.2. The zero-order valence-electron chi connectivity index (χ0n) is 16.9. The van der Waals surface area contributed by atoms with Gasteiger partial charge in [-0.25, -0.2) is 9.37 Å². The number of hydrogen-bond donors (Lipinski definition) is 2. The van der Waals surface area contributed by atoms with Crippen LogP contribution in [0.4, 0.5) is 10.2 Å². The second kappa shape index (κ2) is 8.71. The number of carbonyl (C=O) groups excluding carboxylic acids is 1. The zero-order valence-corrected chi connectivity index (χ0v) is 18.4. The summed E-state index contributed by atoms with van der Waals surface area (Å²) in [5.41, 5.74) is 1.61. The van der Waals surface area contributed by atoms with E-state index >= 15 is 0 Å². The fourth-order valence-corrected chi connectivity index (χ4v) is 4.34. The third kappa shape index (κ3) is 4.51. The maximum absolute atomic E-state index is 13.1. The fraction of sp³-hybridized carbons (Fsp3) is 0.190. The highest BCUT2D eigenvalue weighted by molar-refractivity contribution is 7.89. The molecule has 0 atom stereocenters. The van der Waals surface area contributed by atoms with E-state index in [-0.39, 0.29) is 10.7 Å². The van der Waals surface area contributed by atoms with Crippen LogP contribution in [0.15, 0.2) is 57.0 Å². The van der Waals surface area contributed by atoms with Gasteiger partial charge in [-0.1, -0.05) is 11.6 Å². The number of halogens is 2. The van der Waals surface area contributed by atoms with E-state index in [4.69, 9.17) is 16.0 Å². The SMILES string of the molecule is Cc1c(C(=O)Nc2ccc(Cl)cn2)oc2c1/C(=N/NS(=O)(=O)c1ccc(F)cc1)CCC2. The van der Waals surface area contributed by atoms with E-state index in [0.717, 1.165) is 24.3 Å². The Bertz CT molecular complexity index is 1300. The van der Waals surface area contributed by atoms with Crippen LogP contribution >= 0.6 is 11.6 Å². The summed E-state index contributed by atoms with van der Waals surface area (Å²) in [4.78, 5) is 18.8. The average Bonchev–Trinajstić information content (AvgIpc) is 3.11. The highest BCUT2D eigenvalue weighted by Crippen LogP contribution is 2.30. The molecule has 0 radical (unpaired) electrons. The van der Waals surface area contributed by atoms with Crippen LogP contribution in [0.2, 0.25) is 5.02 Å². The quantitative estimate of drug-likeness (QED) is 0.539. The number of hydrazone groups is 1. The molecule has 0 bridgehead atoms. The van der Waals surface area contributed by atoms with Crippen LogP contribution in [0.3, 0.4) is 0 Å². The van der Waals surface area contributed by atoms with Crippen molar-refractivity contribution in [3.63, 3.8) is 0 Å². The summed E-state index contributed by atoms with van der Waals surface area (Å²) in [5.74, 6) is -0.0571. The van der Waals surface area contributed by atoms with Crippen LogP contribution in [0.25, 0.3) is 0 Å². The highest BCUT2D eigenvalue weighted by atomic mass is 35.5. The van der Waals surface area contributed by atoms with Crippen molar-refractivity contribution in [1.29, 1.82) is 0 Å². The molecule has 3 aromatic rings. The number of furan rings is 1. The number of nitrogens with zero attached hydrogens (tertiary/aromatic N) is 2. The minimum absolute atomic E-state index is 0.0998. The third-order valence-corrected chi connectivity index (χ3v) is 6.37. The Kier molecular flexibility index (Phi) is 5.98. The summed E-state index contributed by atoms with van der Waals surface area (Å²) in [5, 5.41) is 7.18. The van der Waals surface area contributed by atoms with Crippen LogP contribution in [0, 0.1) is 12.7 Å². The lowest BCUT2D eigenvalue weighted by atomic mass is 9.93. The molecule has 1 aromatic carbocycles. The van der Waals surface area contributed by atoms with Crippen molar-refractivity contribution in [2.24, 2.45) is 5.10 Å². The summed E-state index contributed by atoms with van der Waals surface area (Å²) < 4.78 is 43.8. The molecule has 4 rings (SSSR count). The Morgan fingerprint density at radius 2 is 1.94 bits per heavy atom. The number of fused-ring (bicyclic) bond motifs is 1. The van der Waals surface area contributed by atoms with E-state index in [9.17, 15) is 17.6 Å². The molecule has 2 heterocycles. The summed E-state index contributed by atoms with van der Waals surface area (Å²) in [6.07, 6.45) is 3.18. The van der Waals surface area contributed by atoms with Gasteiger partial charge in [0.15, 0.2) is 5.76 Å². The molecular formula is C21H18ClFN4O4S.